The van der Waals surface area contributed by atoms with Gasteiger partial charge in [-0.15, -0.1) is 0 Å². The predicted molar refractivity (Wildman–Crippen MR) is 71.0 cm³/mol. The molecule has 0 aromatic heterocycles. The van der Waals surface area contributed by atoms with E-state index in [1.807, 2.05) is 32.9 Å². The summed E-state index contributed by atoms with van der Waals surface area (Å²) >= 11 is 0. The Kier molecular flexibility index (Phi) is 5.15. The van der Waals surface area contributed by atoms with E-state index in [-0.39, 0.29) is 11.8 Å². The van der Waals surface area contributed by atoms with Crippen LogP contribution in [0.2, 0.25) is 0 Å². The maximum absolute atomic E-state index is 12.3. The van der Waals surface area contributed by atoms with Crippen molar-refractivity contribution in [2.75, 3.05) is 12.3 Å². The first kappa shape index (κ1) is 14.2. The van der Waals surface area contributed by atoms with Gasteiger partial charge in [0.2, 0.25) is 0 Å². The van der Waals surface area contributed by atoms with Gasteiger partial charge >= 0.3 is 0 Å². The molecule has 0 aliphatic heterocycles. The van der Waals surface area contributed by atoms with Crippen LogP contribution in [0.3, 0.4) is 0 Å². The second kappa shape index (κ2) is 6.17. The molecule has 0 saturated carbocycles. The minimum Gasteiger partial charge on any atom is -0.313 e. The van der Waals surface area contributed by atoms with Crippen molar-refractivity contribution in [1.29, 1.82) is 0 Å². The van der Waals surface area contributed by atoms with Gasteiger partial charge < -0.3 is 5.32 Å². The fraction of sp³-hybridized carbons (Fsp3) is 0.538. The van der Waals surface area contributed by atoms with Crippen molar-refractivity contribution >= 4 is 9.84 Å². The Balaban J connectivity index is 2.92. The Morgan fingerprint density at radius 2 is 1.88 bits per heavy atom. The van der Waals surface area contributed by atoms with E-state index in [0.29, 0.717) is 4.90 Å². The monoisotopic (exact) mass is 255 g/mol. The number of hydrogen-bond acceptors (Lipinski definition) is 3. The molecule has 0 radical (unpaired) electrons. The van der Waals surface area contributed by atoms with Gasteiger partial charge in [-0.3, -0.25) is 0 Å². The highest BCUT2D eigenvalue weighted by molar-refractivity contribution is 7.91. The summed E-state index contributed by atoms with van der Waals surface area (Å²) in [6, 6.07) is 7.18. The minimum atomic E-state index is -3.19. The maximum Gasteiger partial charge on any atom is 0.180 e. The van der Waals surface area contributed by atoms with Crippen molar-refractivity contribution in [2.45, 2.75) is 38.1 Å². The fourth-order valence-corrected chi connectivity index (χ4v) is 3.78. The van der Waals surface area contributed by atoms with Crippen molar-refractivity contribution in [3.63, 3.8) is 0 Å². The van der Waals surface area contributed by atoms with E-state index in [0.717, 1.165) is 18.5 Å². The summed E-state index contributed by atoms with van der Waals surface area (Å²) in [7, 11) is -3.19. The summed E-state index contributed by atoms with van der Waals surface area (Å²) in [5.41, 5.74) is 0.818. The third-order valence-electron chi connectivity index (χ3n) is 2.83. The standard InChI is InChI=1S/C13H21NO2S/c1-4-12(14-5-2)10-17(15,16)13-9-7-6-8-11(13)3/h6-9,12,14H,4-5,10H2,1-3H3. The molecule has 3 nitrogen and oxygen atoms in total. The molecule has 0 bridgehead atoms. The van der Waals surface area contributed by atoms with Crippen LogP contribution in [0.1, 0.15) is 25.8 Å². The van der Waals surface area contributed by atoms with E-state index in [9.17, 15) is 8.42 Å². The highest BCUT2D eigenvalue weighted by Crippen LogP contribution is 2.17. The van der Waals surface area contributed by atoms with Gasteiger partial charge in [-0.25, -0.2) is 8.42 Å². The highest BCUT2D eigenvalue weighted by Gasteiger charge is 2.20. The molecule has 0 amide bonds. The van der Waals surface area contributed by atoms with Crippen molar-refractivity contribution < 1.29 is 8.42 Å². The molecule has 0 aliphatic carbocycles. The third kappa shape index (κ3) is 3.82. The normalized spacial score (nSPS) is 13.6. The van der Waals surface area contributed by atoms with Crippen molar-refractivity contribution in [3.8, 4) is 0 Å². The number of hydrogen-bond donors (Lipinski definition) is 1. The van der Waals surface area contributed by atoms with Crippen LogP contribution in [-0.2, 0) is 9.84 Å². The first-order chi connectivity index (χ1) is 8.01. The smallest absolute Gasteiger partial charge is 0.180 e. The van der Waals surface area contributed by atoms with Crippen LogP contribution in [0.5, 0.6) is 0 Å². The Bertz CT molecular complexity index is 454. The lowest BCUT2D eigenvalue weighted by Gasteiger charge is -2.16. The van der Waals surface area contributed by atoms with E-state index < -0.39 is 9.84 Å². The van der Waals surface area contributed by atoms with Gasteiger partial charge in [0.15, 0.2) is 9.84 Å². The molecule has 0 spiro atoms. The Morgan fingerprint density at radius 1 is 1.24 bits per heavy atom. The molecule has 1 rings (SSSR count). The average Bonchev–Trinajstić information content (AvgIpc) is 2.28. The quantitative estimate of drug-likeness (QED) is 0.847. The summed E-state index contributed by atoms with van der Waals surface area (Å²) in [5, 5.41) is 3.20. The van der Waals surface area contributed by atoms with Gasteiger partial charge in [-0.2, -0.15) is 0 Å². The third-order valence-corrected chi connectivity index (χ3v) is 4.80. The molecule has 1 aromatic carbocycles. The van der Waals surface area contributed by atoms with E-state index in [4.69, 9.17) is 0 Å². The molecule has 1 N–H and O–H groups in total. The molecular formula is C13H21NO2S. The largest absolute Gasteiger partial charge is 0.313 e. The van der Waals surface area contributed by atoms with Gasteiger partial charge in [0.05, 0.1) is 10.6 Å². The van der Waals surface area contributed by atoms with E-state index >= 15 is 0 Å². The van der Waals surface area contributed by atoms with E-state index in [1.54, 1.807) is 12.1 Å². The molecule has 1 aromatic rings. The van der Waals surface area contributed by atoms with Crippen molar-refractivity contribution in [2.24, 2.45) is 0 Å². The summed E-state index contributed by atoms with van der Waals surface area (Å²) in [4.78, 5) is 0.455. The second-order valence-electron chi connectivity index (χ2n) is 4.21. The van der Waals surface area contributed by atoms with Crippen LogP contribution >= 0.6 is 0 Å². The summed E-state index contributed by atoms with van der Waals surface area (Å²) in [6.45, 7) is 6.62. The molecule has 0 heterocycles. The lowest BCUT2D eigenvalue weighted by molar-refractivity contribution is 0.533. The van der Waals surface area contributed by atoms with Crippen LogP contribution in [0.15, 0.2) is 29.2 Å². The lowest BCUT2D eigenvalue weighted by atomic mass is 10.2. The van der Waals surface area contributed by atoms with Crippen molar-refractivity contribution in [1.82, 2.24) is 5.32 Å². The van der Waals surface area contributed by atoms with Gasteiger partial charge in [0, 0.05) is 6.04 Å². The molecule has 1 atom stereocenters. The number of sulfone groups is 1. The van der Waals surface area contributed by atoms with Gasteiger partial charge in [0.25, 0.3) is 0 Å². The SMILES string of the molecule is CCNC(CC)CS(=O)(=O)c1ccccc1C. The van der Waals surface area contributed by atoms with E-state index in [2.05, 4.69) is 5.32 Å². The zero-order chi connectivity index (χ0) is 12.9. The molecule has 0 saturated heterocycles. The maximum atomic E-state index is 12.3. The van der Waals surface area contributed by atoms with Gasteiger partial charge in [-0.1, -0.05) is 32.0 Å². The Hall–Kier alpha value is -0.870. The fourth-order valence-electron chi connectivity index (χ4n) is 1.87. The molecule has 0 fully saturated rings. The van der Waals surface area contributed by atoms with Gasteiger partial charge in [0.1, 0.15) is 0 Å². The zero-order valence-corrected chi connectivity index (χ0v) is 11.5. The molecule has 0 aliphatic rings. The second-order valence-corrected chi connectivity index (χ2v) is 6.21. The number of nitrogens with one attached hydrogen (secondary N) is 1. The van der Waals surface area contributed by atoms with E-state index in [1.165, 1.54) is 0 Å². The van der Waals surface area contributed by atoms with Crippen molar-refractivity contribution in [3.05, 3.63) is 29.8 Å². The number of rotatable bonds is 6. The molecule has 96 valence electrons. The zero-order valence-electron chi connectivity index (χ0n) is 10.7. The summed E-state index contributed by atoms with van der Waals surface area (Å²) in [5.74, 6) is 0.169. The van der Waals surface area contributed by atoms with Crippen LogP contribution in [0, 0.1) is 6.92 Å². The first-order valence-corrected chi connectivity index (χ1v) is 7.68. The van der Waals surface area contributed by atoms with Crippen LogP contribution < -0.4 is 5.32 Å². The minimum absolute atomic E-state index is 0.0320. The lowest BCUT2D eigenvalue weighted by Crippen LogP contribution is -2.35. The van der Waals surface area contributed by atoms with Crippen LogP contribution in [-0.4, -0.2) is 26.8 Å². The Labute approximate surface area is 104 Å². The molecule has 17 heavy (non-hydrogen) atoms. The topological polar surface area (TPSA) is 46.2 Å². The average molecular weight is 255 g/mol. The summed E-state index contributed by atoms with van der Waals surface area (Å²) < 4.78 is 24.5. The number of benzene rings is 1. The molecule has 4 heteroatoms. The first-order valence-electron chi connectivity index (χ1n) is 6.03. The Morgan fingerprint density at radius 3 is 2.41 bits per heavy atom. The summed E-state index contributed by atoms with van der Waals surface area (Å²) in [6.07, 6.45) is 0.818. The highest BCUT2D eigenvalue weighted by atomic mass is 32.2. The molecule has 1 unspecified atom stereocenters. The van der Waals surface area contributed by atoms with Gasteiger partial charge in [-0.05, 0) is 31.5 Å². The van der Waals surface area contributed by atoms with Crippen LogP contribution in [0.4, 0.5) is 0 Å². The molecular weight excluding hydrogens is 234 g/mol. The van der Waals surface area contributed by atoms with Crippen LogP contribution in [0.25, 0.3) is 0 Å². The predicted octanol–water partition coefficient (Wildman–Crippen LogP) is 2.16. The number of aryl methyl sites for hydroxylation is 1.